The van der Waals surface area contributed by atoms with E-state index < -0.39 is 0 Å². The van der Waals surface area contributed by atoms with Gasteiger partial charge in [0.15, 0.2) is 0 Å². The Morgan fingerprint density at radius 1 is 1.26 bits per heavy atom. The number of nitrogens with one attached hydrogen (secondary N) is 1. The summed E-state index contributed by atoms with van der Waals surface area (Å²) in [6.07, 6.45) is 7.69. The number of hydrogen-bond donors (Lipinski definition) is 1. The molecule has 0 spiro atoms. The van der Waals surface area contributed by atoms with E-state index >= 15 is 0 Å². The maximum atomic E-state index is 4.56. The summed E-state index contributed by atoms with van der Waals surface area (Å²) in [7, 11) is 1.93. The van der Waals surface area contributed by atoms with Gasteiger partial charge in [0, 0.05) is 19.6 Å². The van der Waals surface area contributed by atoms with Crippen molar-refractivity contribution < 1.29 is 0 Å². The van der Waals surface area contributed by atoms with Gasteiger partial charge in [-0.15, -0.1) is 0 Å². The van der Waals surface area contributed by atoms with Crippen LogP contribution in [0.4, 0.5) is 5.82 Å². The fourth-order valence-electron chi connectivity index (χ4n) is 2.80. The molecule has 4 heteroatoms. The minimum atomic E-state index is 0.780. The average molecular weight is 262 g/mol. The second kappa shape index (κ2) is 6.85. The van der Waals surface area contributed by atoms with Crippen LogP contribution in [0.1, 0.15) is 38.8 Å². The van der Waals surface area contributed by atoms with Gasteiger partial charge in [-0.25, -0.2) is 4.98 Å². The van der Waals surface area contributed by atoms with Crippen LogP contribution in [0.5, 0.6) is 0 Å². The number of rotatable bonds is 4. The maximum Gasteiger partial charge on any atom is 0.147 e. The Hall–Kier alpha value is -1.16. The summed E-state index contributed by atoms with van der Waals surface area (Å²) in [5, 5.41) is 3.10. The maximum absolute atomic E-state index is 4.56. The van der Waals surface area contributed by atoms with Crippen LogP contribution in [-0.4, -0.2) is 30.1 Å². The monoisotopic (exact) mass is 262 g/mol. The third-order valence-electron chi connectivity index (χ3n) is 4.09. The molecule has 1 saturated heterocycles. The van der Waals surface area contributed by atoms with Gasteiger partial charge in [-0.3, -0.25) is 4.98 Å². The molecule has 1 aliphatic heterocycles. The Morgan fingerprint density at radius 3 is 2.74 bits per heavy atom. The molecule has 0 radical (unpaired) electrons. The Morgan fingerprint density at radius 2 is 2.11 bits per heavy atom. The summed E-state index contributed by atoms with van der Waals surface area (Å²) < 4.78 is 0. The van der Waals surface area contributed by atoms with E-state index in [0.717, 1.165) is 43.0 Å². The first-order valence-corrected chi connectivity index (χ1v) is 7.41. The molecule has 0 aromatic carbocycles. The topological polar surface area (TPSA) is 41.1 Å². The van der Waals surface area contributed by atoms with Gasteiger partial charge in [-0.2, -0.15) is 0 Å². The molecular weight excluding hydrogens is 236 g/mol. The van der Waals surface area contributed by atoms with Crippen LogP contribution in [0.25, 0.3) is 0 Å². The van der Waals surface area contributed by atoms with Crippen LogP contribution in [0.15, 0.2) is 12.4 Å². The van der Waals surface area contributed by atoms with E-state index in [4.69, 9.17) is 0 Å². The molecule has 0 aliphatic carbocycles. The van der Waals surface area contributed by atoms with Crippen LogP contribution in [0.2, 0.25) is 0 Å². The van der Waals surface area contributed by atoms with E-state index in [1.165, 1.54) is 19.3 Å². The van der Waals surface area contributed by atoms with Crippen molar-refractivity contribution in [3.8, 4) is 0 Å². The Labute approximate surface area is 116 Å². The predicted octanol–water partition coefficient (Wildman–Crippen LogP) is 2.46. The number of hydrogen-bond acceptors (Lipinski definition) is 4. The van der Waals surface area contributed by atoms with Crippen LogP contribution < -0.4 is 10.2 Å². The third-order valence-corrected chi connectivity index (χ3v) is 4.09. The minimum absolute atomic E-state index is 0.780. The first kappa shape index (κ1) is 14.3. The predicted molar refractivity (Wildman–Crippen MR) is 79.2 cm³/mol. The van der Waals surface area contributed by atoms with Crippen molar-refractivity contribution in [3.63, 3.8) is 0 Å². The SMILES string of the molecule is CNCc1cnc(N2CCCC(C(C)C)CC2)cn1. The normalized spacial score (nSPS) is 20.6. The smallest absolute Gasteiger partial charge is 0.147 e. The lowest BCUT2D eigenvalue weighted by Crippen LogP contribution is -2.25. The van der Waals surface area contributed by atoms with Crippen molar-refractivity contribution in [2.45, 2.75) is 39.7 Å². The first-order valence-electron chi connectivity index (χ1n) is 7.41. The highest BCUT2D eigenvalue weighted by molar-refractivity contribution is 5.35. The summed E-state index contributed by atoms with van der Waals surface area (Å²) in [6, 6.07) is 0. The summed E-state index contributed by atoms with van der Waals surface area (Å²) in [5.41, 5.74) is 1.00. The van der Waals surface area contributed by atoms with Crippen molar-refractivity contribution in [3.05, 3.63) is 18.1 Å². The molecule has 1 fully saturated rings. The van der Waals surface area contributed by atoms with Crippen LogP contribution >= 0.6 is 0 Å². The Bertz CT molecular complexity index is 374. The van der Waals surface area contributed by atoms with Gasteiger partial charge >= 0.3 is 0 Å². The fourth-order valence-corrected chi connectivity index (χ4v) is 2.80. The van der Waals surface area contributed by atoms with E-state index in [1.807, 2.05) is 19.4 Å². The van der Waals surface area contributed by atoms with Crippen molar-refractivity contribution in [1.82, 2.24) is 15.3 Å². The van der Waals surface area contributed by atoms with E-state index in [-0.39, 0.29) is 0 Å². The molecule has 1 unspecified atom stereocenters. The van der Waals surface area contributed by atoms with Gasteiger partial charge in [0.25, 0.3) is 0 Å². The molecule has 106 valence electrons. The van der Waals surface area contributed by atoms with Crippen molar-refractivity contribution >= 4 is 5.82 Å². The van der Waals surface area contributed by atoms with Crippen molar-refractivity contribution in [1.29, 1.82) is 0 Å². The molecule has 1 atom stereocenters. The lowest BCUT2D eigenvalue weighted by molar-refractivity contribution is 0.351. The molecule has 4 nitrogen and oxygen atoms in total. The highest BCUT2D eigenvalue weighted by atomic mass is 15.2. The second-order valence-corrected chi connectivity index (χ2v) is 5.82. The molecule has 1 aromatic heterocycles. The highest BCUT2D eigenvalue weighted by Crippen LogP contribution is 2.26. The lowest BCUT2D eigenvalue weighted by Gasteiger charge is -2.22. The number of nitrogens with zero attached hydrogens (tertiary/aromatic N) is 3. The van der Waals surface area contributed by atoms with E-state index in [2.05, 4.69) is 34.0 Å². The van der Waals surface area contributed by atoms with Crippen molar-refractivity contribution in [2.75, 3.05) is 25.0 Å². The molecular formula is C15H26N4. The summed E-state index contributed by atoms with van der Waals surface area (Å²) in [6.45, 7) is 7.69. The molecule has 1 aromatic rings. The molecule has 1 aliphatic rings. The highest BCUT2D eigenvalue weighted by Gasteiger charge is 2.20. The van der Waals surface area contributed by atoms with Gasteiger partial charge in [0.2, 0.25) is 0 Å². The fraction of sp³-hybridized carbons (Fsp3) is 0.733. The zero-order valence-electron chi connectivity index (χ0n) is 12.4. The Kier molecular flexibility index (Phi) is 5.14. The summed E-state index contributed by atoms with van der Waals surface area (Å²) in [5.74, 6) is 2.69. The van der Waals surface area contributed by atoms with Gasteiger partial charge in [-0.1, -0.05) is 13.8 Å². The number of aromatic nitrogens is 2. The Balaban J connectivity index is 1.97. The zero-order chi connectivity index (χ0) is 13.7. The molecule has 2 heterocycles. The van der Waals surface area contributed by atoms with Crippen LogP contribution in [0, 0.1) is 11.8 Å². The molecule has 2 rings (SSSR count). The van der Waals surface area contributed by atoms with E-state index in [1.54, 1.807) is 0 Å². The molecule has 0 amide bonds. The van der Waals surface area contributed by atoms with Crippen LogP contribution in [0.3, 0.4) is 0 Å². The average Bonchev–Trinajstić information content (AvgIpc) is 2.66. The number of anilines is 1. The first-order chi connectivity index (χ1) is 9.20. The molecule has 0 bridgehead atoms. The second-order valence-electron chi connectivity index (χ2n) is 5.82. The standard InChI is InChI=1S/C15H26N4/c1-12(2)13-5-4-7-19(8-6-13)15-11-17-14(9-16-3)10-18-15/h10-13,16H,4-9H2,1-3H3. The lowest BCUT2D eigenvalue weighted by atomic mass is 9.89. The summed E-state index contributed by atoms with van der Waals surface area (Å²) >= 11 is 0. The zero-order valence-corrected chi connectivity index (χ0v) is 12.4. The summed E-state index contributed by atoms with van der Waals surface area (Å²) in [4.78, 5) is 11.4. The van der Waals surface area contributed by atoms with Gasteiger partial charge in [0.05, 0.1) is 18.1 Å². The van der Waals surface area contributed by atoms with E-state index in [0.29, 0.717) is 0 Å². The third kappa shape index (κ3) is 3.90. The van der Waals surface area contributed by atoms with Crippen molar-refractivity contribution in [2.24, 2.45) is 11.8 Å². The molecule has 19 heavy (non-hydrogen) atoms. The minimum Gasteiger partial charge on any atom is -0.355 e. The van der Waals surface area contributed by atoms with E-state index in [9.17, 15) is 0 Å². The van der Waals surface area contributed by atoms with Gasteiger partial charge < -0.3 is 10.2 Å². The van der Waals surface area contributed by atoms with Crippen LogP contribution in [-0.2, 0) is 6.54 Å². The quantitative estimate of drug-likeness (QED) is 0.905. The van der Waals surface area contributed by atoms with Gasteiger partial charge in [-0.05, 0) is 38.1 Å². The molecule has 1 N–H and O–H groups in total. The largest absolute Gasteiger partial charge is 0.355 e. The van der Waals surface area contributed by atoms with Gasteiger partial charge in [0.1, 0.15) is 5.82 Å². The molecule has 0 saturated carbocycles.